The summed E-state index contributed by atoms with van der Waals surface area (Å²) in [7, 11) is 1.59. The molecule has 1 heterocycles. The highest BCUT2D eigenvalue weighted by Crippen LogP contribution is 2.28. The van der Waals surface area contributed by atoms with E-state index in [1.165, 1.54) is 0 Å². The number of aliphatic imine (C=N–C) groups is 1. The predicted octanol–water partition coefficient (Wildman–Crippen LogP) is 2.47. The highest BCUT2D eigenvalue weighted by Gasteiger charge is 2.16. The van der Waals surface area contributed by atoms with Crippen molar-refractivity contribution in [3.63, 3.8) is 0 Å². The SMILES string of the molecule is COc1cc(C#N)ccc1NC1=NCC(C)S1. The van der Waals surface area contributed by atoms with Crippen molar-refractivity contribution in [3.8, 4) is 11.8 Å². The van der Waals surface area contributed by atoms with E-state index in [1.807, 2.05) is 6.07 Å². The Hall–Kier alpha value is -1.67. The largest absolute Gasteiger partial charge is 0.495 e. The molecule has 0 spiro atoms. The number of rotatable bonds is 2. The second kappa shape index (κ2) is 5.11. The van der Waals surface area contributed by atoms with Gasteiger partial charge in [0.15, 0.2) is 5.17 Å². The molecule has 0 fully saturated rings. The molecular weight excluding hydrogens is 234 g/mol. The Morgan fingerprint density at radius 2 is 2.41 bits per heavy atom. The molecule has 1 atom stereocenters. The van der Waals surface area contributed by atoms with Gasteiger partial charge in [0.2, 0.25) is 0 Å². The van der Waals surface area contributed by atoms with Crippen LogP contribution in [0.15, 0.2) is 23.2 Å². The molecule has 1 N–H and O–H groups in total. The minimum absolute atomic E-state index is 0.516. The first-order valence-corrected chi connectivity index (χ1v) is 6.17. The Kier molecular flexibility index (Phi) is 3.55. The number of benzene rings is 1. The lowest BCUT2D eigenvalue weighted by Crippen LogP contribution is -2.07. The highest BCUT2D eigenvalue weighted by molar-refractivity contribution is 8.15. The molecule has 1 aromatic rings. The summed E-state index contributed by atoms with van der Waals surface area (Å²) in [5.74, 6) is 0.659. The Bertz CT molecular complexity index is 493. The molecule has 1 aliphatic rings. The molecule has 1 aromatic carbocycles. The summed E-state index contributed by atoms with van der Waals surface area (Å²) in [6.07, 6.45) is 0. The molecule has 0 aromatic heterocycles. The molecule has 0 radical (unpaired) electrons. The summed E-state index contributed by atoms with van der Waals surface area (Å²) in [6.45, 7) is 2.98. The van der Waals surface area contributed by atoms with Crippen LogP contribution in [-0.4, -0.2) is 24.1 Å². The van der Waals surface area contributed by atoms with Crippen LogP contribution in [0, 0.1) is 11.3 Å². The van der Waals surface area contributed by atoms with Gasteiger partial charge >= 0.3 is 0 Å². The first-order chi connectivity index (χ1) is 8.22. The van der Waals surface area contributed by atoms with Gasteiger partial charge in [-0.25, -0.2) is 0 Å². The fourth-order valence-electron chi connectivity index (χ4n) is 1.52. The summed E-state index contributed by atoms with van der Waals surface area (Å²) in [5, 5.41) is 13.5. The molecule has 5 heteroatoms. The average molecular weight is 247 g/mol. The van der Waals surface area contributed by atoms with Crippen molar-refractivity contribution in [2.75, 3.05) is 19.0 Å². The molecule has 88 valence electrons. The van der Waals surface area contributed by atoms with Crippen molar-refractivity contribution in [3.05, 3.63) is 23.8 Å². The van der Waals surface area contributed by atoms with Gasteiger partial charge in [-0.05, 0) is 12.1 Å². The zero-order chi connectivity index (χ0) is 12.3. The van der Waals surface area contributed by atoms with Crippen LogP contribution in [0.25, 0.3) is 0 Å². The first-order valence-electron chi connectivity index (χ1n) is 5.29. The number of ether oxygens (including phenoxy) is 1. The lowest BCUT2D eigenvalue weighted by Gasteiger charge is -2.10. The number of hydrogen-bond acceptors (Lipinski definition) is 5. The third-order valence-electron chi connectivity index (χ3n) is 2.38. The van der Waals surface area contributed by atoms with Gasteiger partial charge in [0.05, 0.1) is 31.0 Å². The van der Waals surface area contributed by atoms with Crippen molar-refractivity contribution in [1.82, 2.24) is 0 Å². The molecule has 1 aliphatic heterocycles. The van der Waals surface area contributed by atoms with Gasteiger partial charge in [-0.1, -0.05) is 18.7 Å². The van der Waals surface area contributed by atoms with Gasteiger partial charge in [-0.2, -0.15) is 5.26 Å². The van der Waals surface area contributed by atoms with E-state index in [-0.39, 0.29) is 0 Å². The minimum atomic E-state index is 0.516. The molecule has 0 saturated carbocycles. The van der Waals surface area contributed by atoms with E-state index in [4.69, 9.17) is 10.00 Å². The smallest absolute Gasteiger partial charge is 0.161 e. The standard InChI is InChI=1S/C12H13N3OS/c1-8-7-14-12(17-8)15-10-4-3-9(6-13)5-11(10)16-2/h3-5,8H,7H2,1-2H3,(H,14,15). The highest BCUT2D eigenvalue weighted by atomic mass is 32.2. The van der Waals surface area contributed by atoms with Crippen LogP contribution in [0.3, 0.4) is 0 Å². The van der Waals surface area contributed by atoms with E-state index in [1.54, 1.807) is 31.0 Å². The van der Waals surface area contributed by atoms with Crippen molar-refractivity contribution < 1.29 is 4.74 Å². The zero-order valence-corrected chi connectivity index (χ0v) is 10.5. The van der Waals surface area contributed by atoms with Crippen LogP contribution in [0.4, 0.5) is 5.69 Å². The molecular formula is C12H13N3OS. The number of anilines is 1. The van der Waals surface area contributed by atoms with Crippen molar-refractivity contribution in [2.45, 2.75) is 12.2 Å². The Balaban J connectivity index is 2.19. The van der Waals surface area contributed by atoms with Crippen LogP contribution >= 0.6 is 11.8 Å². The van der Waals surface area contributed by atoms with Crippen LogP contribution in [0.1, 0.15) is 12.5 Å². The molecule has 0 bridgehead atoms. The Morgan fingerprint density at radius 3 is 3.00 bits per heavy atom. The number of nitriles is 1. The Morgan fingerprint density at radius 1 is 1.59 bits per heavy atom. The minimum Gasteiger partial charge on any atom is -0.495 e. The van der Waals surface area contributed by atoms with Gasteiger partial charge in [0.25, 0.3) is 0 Å². The summed E-state index contributed by atoms with van der Waals surface area (Å²) in [5.41, 5.74) is 1.42. The van der Waals surface area contributed by atoms with Crippen molar-refractivity contribution in [2.24, 2.45) is 4.99 Å². The normalized spacial score (nSPS) is 18.4. The monoisotopic (exact) mass is 247 g/mol. The fourth-order valence-corrected chi connectivity index (χ4v) is 2.37. The van der Waals surface area contributed by atoms with Gasteiger partial charge < -0.3 is 10.1 Å². The summed E-state index contributed by atoms with van der Waals surface area (Å²) in [6, 6.07) is 7.40. The van der Waals surface area contributed by atoms with E-state index >= 15 is 0 Å². The molecule has 0 aliphatic carbocycles. The van der Waals surface area contributed by atoms with Gasteiger partial charge in [0.1, 0.15) is 5.75 Å². The lowest BCUT2D eigenvalue weighted by molar-refractivity contribution is 0.417. The number of nitrogens with one attached hydrogen (secondary N) is 1. The Labute approximate surface area is 105 Å². The molecule has 4 nitrogen and oxygen atoms in total. The maximum Gasteiger partial charge on any atom is 0.161 e. The third kappa shape index (κ3) is 2.71. The van der Waals surface area contributed by atoms with E-state index in [0.717, 1.165) is 17.4 Å². The summed E-state index contributed by atoms with van der Waals surface area (Å²) in [4.78, 5) is 4.38. The van der Waals surface area contributed by atoms with Crippen LogP contribution < -0.4 is 10.1 Å². The topological polar surface area (TPSA) is 57.4 Å². The number of thioether (sulfide) groups is 1. The maximum absolute atomic E-state index is 8.81. The van der Waals surface area contributed by atoms with Gasteiger partial charge in [0, 0.05) is 11.3 Å². The zero-order valence-electron chi connectivity index (χ0n) is 9.73. The number of hydrogen-bond donors (Lipinski definition) is 1. The molecule has 17 heavy (non-hydrogen) atoms. The van der Waals surface area contributed by atoms with Crippen LogP contribution in [0.5, 0.6) is 5.75 Å². The molecule has 1 unspecified atom stereocenters. The first kappa shape index (κ1) is 11.8. The maximum atomic E-state index is 8.81. The number of methoxy groups -OCH3 is 1. The van der Waals surface area contributed by atoms with Gasteiger partial charge in [-0.15, -0.1) is 0 Å². The van der Waals surface area contributed by atoms with E-state index in [0.29, 0.717) is 16.6 Å². The number of amidine groups is 1. The quantitative estimate of drug-likeness (QED) is 0.872. The second-order valence-electron chi connectivity index (χ2n) is 3.73. The molecule has 0 saturated heterocycles. The summed E-state index contributed by atoms with van der Waals surface area (Å²) >= 11 is 1.71. The number of nitrogens with zero attached hydrogens (tertiary/aromatic N) is 2. The fraction of sp³-hybridized carbons (Fsp3) is 0.333. The third-order valence-corrected chi connectivity index (χ3v) is 3.38. The van der Waals surface area contributed by atoms with E-state index in [2.05, 4.69) is 23.3 Å². The van der Waals surface area contributed by atoms with Gasteiger partial charge in [-0.3, -0.25) is 4.99 Å². The van der Waals surface area contributed by atoms with Crippen LogP contribution in [0.2, 0.25) is 0 Å². The molecule has 0 amide bonds. The summed E-state index contributed by atoms with van der Waals surface area (Å²) < 4.78 is 5.25. The lowest BCUT2D eigenvalue weighted by atomic mass is 10.2. The van der Waals surface area contributed by atoms with Crippen molar-refractivity contribution in [1.29, 1.82) is 5.26 Å². The second-order valence-corrected chi connectivity index (χ2v) is 5.15. The molecule has 2 rings (SSSR count). The van der Waals surface area contributed by atoms with Crippen molar-refractivity contribution >= 4 is 22.6 Å². The van der Waals surface area contributed by atoms with E-state index in [9.17, 15) is 0 Å². The van der Waals surface area contributed by atoms with Crippen LogP contribution in [-0.2, 0) is 0 Å². The average Bonchev–Trinajstić information content (AvgIpc) is 2.75. The predicted molar refractivity (Wildman–Crippen MR) is 70.7 cm³/mol. The van der Waals surface area contributed by atoms with E-state index < -0.39 is 0 Å².